The molecule has 0 aliphatic rings. The van der Waals surface area contributed by atoms with E-state index in [4.69, 9.17) is 15.3 Å². The van der Waals surface area contributed by atoms with Crippen LogP contribution in [0.4, 0.5) is 0 Å². The van der Waals surface area contributed by atoms with Crippen molar-refractivity contribution in [1.29, 1.82) is 0 Å². The van der Waals surface area contributed by atoms with E-state index in [-0.39, 0.29) is 6.42 Å². The Morgan fingerprint density at radius 3 is 1.74 bits per heavy atom. The lowest BCUT2D eigenvalue weighted by atomic mass is 9.81. The lowest BCUT2D eigenvalue weighted by Gasteiger charge is -2.28. The monoisotopic (exact) mass is 332 g/mol. The lowest BCUT2D eigenvalue weighted by Crippen LogP contribution is -2.50. The number of aliphatic carboxylic acids is 3. The third kappa shape index (κ3) is 7.97. The number of carboxylic acid groups (broad SMARTS) is 3. The Kier molecular flexibility index (Phi) is 10.2. The Labute approximate surface area is 136 Å². The van der Waals surface area contributed by atoms with Crippen LogP contribution in [-0.2, 0) is 14.4 Å². The molecule has 2 atom stereocenters. The van der Waals surface area contributed by atoms with Crippen molar-refractivity contribution >= 4 is 17.9 Å². The van der Waals surface area contributed by atoms with E-state index in [1.807, 2.05) is 0 Å². The highest BCUT2D eigenvalue weighted by molar-refractivity contribution is 5.89. The molecule has 4 N–H and O–H groups in total. The zero-order chi connectivity index (χ0) is 17.9. The summed E-state index contributed by atoms with van der Waals surface area (Å²) in [5.41, 5.74) is -2.78. The van der Waals surface area contributed by atoms with Crippen molar-refractivity contribution in [2.45, 2.75) is 76.7 Å². The van der Waals surface area contributed by atoms with E-state index in [0.29, 0.717) is 6.42 Å². The maximum Gasteiger partial charge on any atom is 0.337 e. The van der Waals surface area contributed by atoms with Crippen LogP contribution in [0, 0.1) is 5.92 Å². The van der Waals surface area contributed by atoms with Gasteiger partial charge in [0.2, 0.25) is 0 Å². The molecule has 0 amide bonds. The van der Waals surface area contributed by atoms with E-state index >= 15 is 0 Å². The van der Waals surface area contributed by atoms with Gasteiger partial charge in [0.15, 0.2) is 5.60 Å². The Morgan fingerprint density at radius 1 is 0.870 bits per heavy atom. The largest absolute Gasteiger partial charge is 0.481 e. The number of carbonyl (C=O) groups is 3. The average Bonchev–Trinajstić information content (AvgIpc) is 2.44. The summed E-state index contributed by atoms with van der Waals surface area (Å²) in [7, 11) is 0. The van der Waals surface area contributed by atoms with Crippen molar-refractivity contribution in [3.63, 3.8) is 0 Å². The van der Waals surface area contributed by atoms with Gasteiger partial charge in [-0.25, -0.2) is 4.79 Å². The Hall–Kier alpha value is -1.63. The first kappa shape index (κ1) is 21.4. The third-order valence-corrected chi connectivity index (χ3v) is 4.01. The standard InChI is InChI=1S/C16H28O7/c1-2-3-4-5-6-7-8-9-10-12(14(19)20)16(23,15(21)22)11-13(17)18/h12,23H,2-11H2,1H3,(H,17,18)(H,19,20)(H,21,22)/t12-,16+/m0/s1. The van der Waals surface area contributed by atoms with Crippen LogP contribution in [0.1, 0.15) is 71.1 Å². The predicted molar refractivity (Wildman–Crippen MR) is 83.2 cm³/mol. The van der Waals surface area contributed by atoms with Crippen molar-refractivity contribution in [3.05, 3.63) is 0 Å². The van der Waals surface area contributed by atoms with Gasteiger partial charge in [-0.05, 0) is 6.42 Å². The number of unbranched alkanes of at least 4 members (excludes halogenated alkanes) is 7. The predicted octanol–water partition coefficient (Wildman–Crippen LogP) is 2.51. The second-order valence-corrected chi connectivity index (χ2v) is 5.95. The van der Waals surface area contributed by atoms with E-state index in [1.54, 1.807) is 0 Å². The zero-order valence-corrected chi connectivity index (χ0v) is 13.7. The normalized spacial score (nSPS) is 14.9. The number of aliphatic hydroxyl groups is 1. The summed E-state index contributed by atoms with van der Waals surface area (Å²) in [6.45, 7) is 2.13. The molecular formula is C16H28O7. The van der Waals surface area contributed by atoms with Crippen molar-refractivity contribution in [2.75, 3.05) is 0 Å². The van der Waals surface area contributed by atoms with Gasteiger partial charge in [-0.3, -0.25) is 9.59 Å². The molecule has 7 heteroatoms. The van der Waals surface area contributed by atoms with E-state index in [2.05, 4.69) is 6.92 Å². The summed E-state index contributed by atoms with van der Waals surface area (Å²) in [5, 5.41) is 37.0. The lowest BCUT2D eigenvalue weighted by molar-refractivity contribution is -0.179. The molecule has 0 aliphatic heterocycles. The van der Waals surface area contributed by atoms with Crippen molar-refractivity contribution in [1.82, 2.24) is 0 Å². The fraction of sp³-hybridized carbons (Fsp3) is 0.812. The van der Waals surface area contributed by atoms with Gasteiger partial charge in [0, 0.05) is 0 Å². The first-order valence-corrected chi connectivity index (χ1v) is 8.16. The Bertz CT molecular complexity index is 394. The third-order valence-electron chi connectivity index (χ3n) is 4.01. The second kappa shape index (κ2) is 11.0. The van der Waals surface area contributed by atoms with E-state index in [1.165, 1.54) is 12.8 Å². The van der Waals surface area contributed by atoms with Crippen LogP contribution in [0.25, 0.3) is 0 Å². The molecule has 0 saturated carbocycles. The van der Waals surface area contributed by atoms with E-state index in [9.17, 15) is 19.5 Å². The van der Waals surface area contributed by atoms with Crippen LogP contribution in [-0.4, -0.2) is 43.9 Å². The van der Waals surface area contributed by atoms with E-state index in [0.717, 1.165) is 32.1 Å². The first-order chi connectivity index (χ1) is 10.8. The molecule has 0 aromatic heterocycles. The average molecular weight is 332 g/mol. The molecule has 0 heterocycles. The van der Waals surface area contributed by atoms with Gasteiger partial charge >= 0.3 is 17.9 Å². The number of hydrogen-bond donors (Lipinski definition) is 4. The second-order valence-electron chi connectivity index (χ2n) is 5.95. The summed E-state index contributed by atoms with van der Waals surface area (Å²) < 4.78 is 0. The molecule has 0 radical (unpaired) electrons. The maximum absolute atomic E-state index is 11.3. The first-order valence-electron chi connectivity index (χ1n) is 8.16. The van der Waals surface area contributed by atoms with Crippen molar-refractivity contribution < 1.29 is 34.8 Å². The summed E-state index contributed by atoms with van der Waals surface area (Å²) in [4.78, 5) is 33.1. The number of rotatable bonds is 14. The number of carboxylic acids is 3. The minimum atomic E-state index is -2.78. The highest BCUT2D eigenvalue weighted by Crippen LogP contribution is 2.28. The van der Waals surface area contributed by atoms with Gasteiger partial charge in [-0.1, -0.05) is 58.3 Å². The van der Waals surface area contributed by atoms with Crippen LogP contribution < -0.4 is 0 Å². The maximum atomic E-state index is 11.3. The van der Waals surface area contributed by atoms with Gasteiger partial charge in [0.1, 0.15) is 0 Å². The van der Waals surface area contributed by atoms with Crippen LogP contribution >= 0.6 is 0 Å². The molecule has 0 saturated heterocycles. The quantitative estimate of drug-likeness (QED) is 0.359. The Balaban J connectivity index is 4.42. The molecule has 23 heavy (non-hydrogen) atoms. The summed E-state index contributed by atoms with van der Waals surface area (Å²) >= 11 is 0. The molecule has 0 unspecified atom stereocenters. The number of hydrogen-bond acceptors (Lipinski definition) is 4. The van der Waals surface area contributed by atoms with Gasteiger partial charge in [0.25, 0.3) is 0 Å². The van der Waals surface area contributed by atoms with Gasteiger partial charge in [0.05, 0.1) is 12.3 Å². The van der Waals surface area contributed by atoms with Gasteiger partial charge < -0.3 is 20.4 Å². The SMILES string of the molecule is CCCCCCCCCC[C@@H](C(=O)O)[C@](O)(CC(=O)O)C(=O)O. The molecule has 0 spiro atoms. The molecule has 0 bridgehead atoms. The smallest absolute Gasteiger partial charge is 0.337 e. The highest BCUT2D eigenvalue weighted by atomic mass is 16.4. The Morgan fingerprint density at radius 2 is 1.35 bits per heavy atom. The molecule has 0 aromatic carbocycles. The molecule has 0 aromatic rings. The minimum Gasteiger partial charge on any atom is -0.481 e. The topological polar surface area (TPSA) is 132 Å². The molecule has 134 valence electrons. The molecule has 0 fully saturated rings. The molecule has 0 rings (SSSR count). The highest BCUT2D eigenvalue weighted by Gasteiger charge is 2.49. The van der Waals surface area contributed by atoms with Gasteiger partial charge in [-0.15, -0.1) is 0 Å². The fourth-order valence-electron chi connectivity index (χ4n) is 2.63. The van der Waals surface area contributed by atoms with Crippen LogP contribution in [0.5, 0.6) is 0 Å². The molecule has 0 aliphatic carbocycles. The summed E-state index contributed by atoms with van der Waals surface area (Å²) in [5.74, 6) is -6.47. The van der Waals surface area contributed by atoms with Crippen LogP contribution in [0.3, 0.4) is 0 Å². The summed E-state index contributed by atoms with van der Waals surface area (Å²) in [6, 6.07) is 0. The molecule has 7 nitrogen and oxygen atoms in total. The zero-order valence-electron chi connectivity index (χ0n) is 13.7. The summed E-state index contributed by atoms with van der Waals surface area (Å²) in [6.07, 6.45) is 6.60. The van der Waals surface area contributed by atoms with Gasteiger partial charge in [-0.2, -0.15) is 0 Å². The fourth-order valence-corrected chi connectivity index (χ4v) is 2.63. The van der Waals surface area contributed by atoms with E-state index < -0.39 is 35.8 Å². The van der Waals surface area contributed by atoms with Crippen LogP contribution in [0.15, 0.2) is 0 Å². The molecular weight excluding hydrogens is 304 g/mol. The van der Waals surface area contributed by atoms with Crippen molar-refractivity contribution in [2.24, 2.45) is 5.92 Å². The van der Waals surface area contributed by atoms with Crippen molar-refractivity contribution in [3.8, 4) is 0 Å². The minimum absolute atomic E-state index is 0.0552. The van der Waals surface area contributed by atoms with Crippen LogP contribution in [0.2, 0.25) is 0 Å².